The van der Waals surface area contributed by atoms with Crippen molar-refractivity contribution >= 4 is 11.4 Å². The predicted octanol–water partition coefficient (Wildman–Crippen LogP) is 1.45. The van der Waals surface area contributed by atoms with Crippen molar-refractivity contribution in [2.75, 3.05) is 31.1 Å². The van der Waals surface area contributed by atoms with Gasteiger partial charge in [0.15, 0.2) is 0 Å². The molecular formula is C13H19N3O3. The summed E-state index contributed by atoms with van der Waals surface area (Å²) in [5.41, 5.74) is 0.810. The molecule has 19 heavy (non-hydrogen) atoms. The molecule has 6 heteroatoms. The number of nitro benzene ring substituents is 1. The summed E-state index contributed by atoms with van der Waals surface area (Å²) in [6.45, 7) is 4.78. The van der Waals surface area contributed by atoms with E-state index in [0.29, 0.717) is 25.2 Å². The third kappa shape index (κ3) is 3.02. The third-order valence-corrected chi connectivity index (χ3v) is 3.52. The summed E-state index contributed by atoms with van der Waals surface area (Å²) < 4.78 is 0. The van der Waals surface area contributed by atoms with E-state index < -0.39 is 6.23 Å². The van der Waals surface area contributed by atoms with Gasteiger partial charge in [-0.05, 0) is 12.5 Å². The maximum absolute atomic E-state index is 11.0. The number of para-hydroxylation sites is 2. The van der Waals surface area contributed by atoms with Gasteiger partial charge >= 0.3 is 0 Å². The zero-order valence-corrected chi connectivity index (χ0v) is 11.0. The molecule has 1 aliphatic rings. The average Bonchev–Trinajstić information content (AvgIpc) is 2.46. The zero-order valence-electron chi connectivity index (χ0n) is 11.0. The molecule has 1 saturated heterocycles. The molecule has 0 aliphatic carbocycles. The number of benzene rings is 1. The molecule has 0 radical (unpaired) electrons. The Labute approximate surface area is 112 Å². The Balaban J connectivity index is 2.08. The van der Waals surface area contributed by atoms with Crippen LogP contribution in [0, 0.1) is 10.1 Å². The first-order chi connectivity index (χ1) is 9.13. The minimum Gasteiger partial charge on any atom is -0.378 e. The van der Waals surface area contributed by atoms with E-state index >= 15 is 0 Å². The number of piperazine rings is 1. The number of nitro groups is 1. The second-order valence-corrected chi connectivity index (χ2v) is 4.66. The van der Waals surface area contributed by atoms with Gasteiger partial charge in [-0.2, -0.15) is 0 Å². The van der Waals surface area contributed by atoms with Crippen LogP contribution in [0.3, 0.4) is 0 Å². The Morgan fingerprint density at radius 2 is 1.95 bits per heavy atom. The van der Waals surface area contributed by atoms with E-state index in [1.165, 1.54) is 6.07 Å². The van der Waals surface area contributed by atoms with Crippen molar-refractivity contribution in [2.45, 2.75) is 19.6 Å². The number of hydrogen-bond acceptors (Lipinski definition) is 5. The number of nitrogens with zero attached hydrogens (tertiary/aromatic N) is 3. The summed E-state index contributed by atoms with van der Waals surface area (Å²) in [6, 6.07) is 6.81. The van der Waals surface area contributed by atoms with Gasteiger partial charge in [0, 0.05) is 32.2 Å². The van der Waals surface area contributed by atoms with Gasteiger partial charge < -0.3 is 10.0 Å². The molecule has 1 aliphatic heterocycles. The molecule has 0 amide bonds. The van der Waals surface area contributed by atoms with E-state index in [0.717, 1.165) is 13.1 Å². The SMILES string of the molecule is CCC(O)N1CCN(c2ccccc2[N+](=O)[O-])CC1. The van der Waals surface area contributed by atoms with Crippen molar-refractivity contribution in [3.63, 3.8) is 0 Å². The Morgan fingerprint density at radius 3 is 2.53 bits per heavy atom. The Hall–Kier alpha value is -1.66. The first-order valence-corrected chi connectivity index (χ1v) is 6.54. The second-order valence-electron chi connectivity index (χ2n) is 4.66. The Bertz CT molecular complexity index is 445. The molecule has 1 atom stereocenters. The Kier molecular flexibility index (Phi) is 4.34. The first kappa shape index (κ1) is 13.8. The van der Waals surface area contributed by atoms with Gasteiger partial charge in [-0.25, -0.2) is 0 Å². The third-order valence-electron chi connectivity index (χ3n) is 3.52. The highest BCUT2D eigenvalue weighted by molar-refractivity contribution is 5.63. The molecule has 1 unspecified atom stereocenters. The minimum absolute atomic E-state index is 0.145. The number of anilines is 1. The standard InChI is InChI=1S/C13H19N3O3/c1-2-13(17)15-9-7-14(8-10-15)11-5-3-4-6-12(11)16(18)19/h3-6,13,17H,2,7-10H2,1H3. The number of aliphatic hydroxyl groups excluding tert-OH is 1. The van der Waals surface area contributed by atoms with Crippen molar-refractivity contribution in [1.29, 1.82) is 0 Å². The fraction of sp³-hybridized carbons (Fsp3) is 0.538. The van der Waals surface area contributed by atoms with Gasteiger partial charge in [0.1, 0.15) is 11.9 Å². The number of hydrogen-bond donors (Lipinski definition) is 1. The molecule has 6 nitrogen and oxygen atoms in total. The molecule has 1 fully saturated rings. The molecule has 0 aromatic heterocycles. The average molecular weight is 265 g/mol. The smallest absolute Gasteiger partial charge is 0.292 e. The molecule has 0 spiro atoms. The second kappa shape index (κ2) is 5.99. The molecular weight excluding hydrogens is 246 g/mol. The van der Waals surface area contributed by atoms with E-state index in [4.69, 9.17) is 0 Å². The summed E-state index contributed by atoms with van der Waals surface area (Å²) in [5, 5.41) is 20.8. The molecule has 2 rings (SSSR count). The van der Waals surface area contributed by atoms with Crippen LogP contribution in [-0.4, -0.2) is 47.3 Å². The van der Waals surface area contributed by atoms with Crippen molar-refractivity contribution in [3.05, 3.63) is 34.4 Å². The van der Waals surface area contributed by atoms with Crippen LogP contribution in [0.4, 0.5) is 11.4 Å². The molecule has 1 heterocycles. The van der Waals surface area contributed by atoms with E-state index in [2.05, 4.69) is 0 Å². The van der Waals surface area contributed by atoms with Crippen molar-refractivity contribution in [2.24, 2.45) is 0 Å². The van der Waals surface area contributed by atoms with Crippen LogP contribution in [0.5, 0.6) is 0 Å². The van der Waals surface area contributed by atoms with Crippen molar-refractivity contribution in [3.8, 4) is 0 Å². The minimum atomic E-state index is -0.409. The Morgan fingerprint density at radius 1 is 1.32 bits per heavy atom. The molecule has 104 valence electrons. The fourth-order valence-electron chi connectivity index (χ4n) is 2.41. The molecule has 0 bridgehead atoms. The lowest BCUT2D eigenvalue weighted by atomic mass is 10.2. The van der Waals surface area contributed by atoms with Crippen molar-refractivity contribution < 1.29 is 10.0 Å². The summed E-state index contributed by atoms with van der Waals surface area (Å²) in [4.78, 5) is 14.7. The van der Waals surface area contributed by atoms with E-state index in [-0.39, 0.29) is 10.6 Å². The maximum Gasteiger partial charge on any atom is 0.292 e. The summed E-state index contributed by atoms with van der Waals surface area (Å²) in [7, 11) is 0. The van der Waals surface area contributed by atoms with Crippen LogP contribution in [0.25, 0.3) is 0 Å². The lowest BCUT2D eigenvalue weighted by Gasteiger charge is -2.37. The zero-order chi connectivity index (χ0) is 13.8. The molecule has 1 aromatic rings. The highest BCUT2D eigenvalue weighted by Gasteiger charge is 2.25. The van der Waals surface area contributed by atoms with Gasteiger partial charge in [0.05, 0.1) is 4.92 Å². The van der Waals surface area contributed by atoms with Crippen LogP contribution < -0.4 is 4.90 Å². The quantitative estimate of drug-likeness (QED) is 0.659. The maximum atomic E-state index is 11.0. The van der Waals surface area contributed by atoms with Gasteiger partial charge in [-0.15, -0.1) is 0 Å². The monoisotopic (exact) mass is 265 g/mol. The van der Waals surface area contributed by atoms with Crippen molar-refractivity contribution in [1.82, 2.24) is 4.90 Å². The fourth-order valence-corrected chi connectivity index (χ4v) is 2.41. The van der Waals surface area contributed by atoms with Crippen LogP contribution in [0.1, 0.15) is 13.3 Å². The number of rotatable bonds is 4. The lowest BCUT2D eigenvalue weighted by molar-refractivity contribution is -0.384. The van der Waals surface area contributed by atoms with Crippen LogP contribution in [-0.2, 0) is 0 Å². The lowest BCUT2D eigenvalue weighted by Crippen LogP contribution is -2.50. The summed E-state index contributed by atoms with van der Waals surface area (Å²) in [6.07, 6.45) is 0.291. The highest BCUT2D eigenvalue weighted by atomic mass is 16.6. The van der Waals surface area contributed by atoms with Gasteiger partial charge in [0.25, 0.3) is 5.69 Å². The highest BCUT2D eigenvalue weighted by Crippen LogP contribution is 2.28. The van der Waals surface area contributed by atoms with Crippen LogP contribution in [0.2, 0.25) is 0 Å². The van der Waals surface area contributed by atoms with E-state index in [9.17, 15) is 15.2 Å². The molecule has 0 saturated carbocycles. The normalized spacial score (nSPS) is 18.3. The van der Waals surface area contributed by atoms with Gasteiger partial charge in [-0.1, -0.05) is 19.1 Å². The van der Waals surface area contributed by atoms with Gasteiger partial charge in [-0.3, -0.25) is 15.0 Å². The molecule has 1 N–H and O–H groups in total. The molecule has 1 aromatic carbocycles. The predicted molar refractivity (Wildman–Crippen MR) is 73.2 cm³/mol. The summed E-state index contributed by atoms with van der Waals surface area (Å²) in [5.74, 6) is 0. The van der Waals surface area contributed by atoms with E-state index in [1.54, 1.807) is 12.1 Å². The summed E-state index contributed by atoms with van der Waals surface area (Å²) >= 11 is 0. The van der Waals surface area contributed by atoms with Crippen LogP contribution in [0.15, 0.2) is 24.3 Å². The van der Waals surface area contributed by atoms with Gasteiger partial charge in [0.2, 0.25) is 0 Å². The topological polar surface area (TPSA) is 69.8 Å². The largest absolute Gasteiger partial charge is 0.378 e. The number of aliphatic hydroxyl groups is 1. The first-order valence-electron chi connectivity index (χ1n) is 6.54. The van der Waals surface area contributed by atoms with E-state index in [1.807, 2.05) is 22.8 Å². The van der Waals surface area contributed by atoms with Crippen LogP contribution >= 0.6 is 0 Å².